The van der Waals surface area contributed by atoms with E-state index in [2.05, 4.69) is 4.72 Å². The first kappa shape index (κ1) is 14.2. The highest BCUT2D eigenvalue weighted by Gasteiger charge is 2.16. The second-order valence-electron chi connectivity index (χ2n) is 3.80. The Morgan fingerprint density at radius 3 is 2.71 bits per heavy atom. The number of furan rings is 1. The van der Waals surface area contributed by atoms with Crippen molar-refractivity contribution >= 4 is 10.2 Å². The van der Waals surface area contributed by atoms with Crippen molar-refractivity contribution in [3.05, 3.63) is 23.7 Å². The van der Waals surface area contributed by atoms with Crippen LogP contribution in [0.5, 0.6) is 0 Å². The fraction of sp³-hybridized carbons (Fsp3) is 0.600. The Balaban J connectivity index is 2.49. The second kappa shape index (κ2) is 6.15. The predicted molar refractivity (Wildman–Crippen MR) is 65.5 cm³/mol. The Bertz CT molecular complexity index is 441. The summed E-state index contributed by atoms with van der Waals surface area (Å²) in [5.74, 6) is 1.36. The molecule has 0 atom stereocenters. The predicted octanol–water partition coefficient (Wildman–Crippen LogP) is 0.203. The third-order valence-electron chi connectivity index (χ3n) is 2.31. The third kappa shape index (κ3) is 4.47. The highest BCUT2D eigenvalue weighted by Crippen LogP contribution is 2.06. The second-order valence-corrected chi connectivity index (χ2v) is 5.66. The first-order valence-electron chi connectivity index (χ1n) is 5.42. The lowest BCUT2D eigenvalue weighted by atomic mass is 10.4. The molecule has 1 aromatic heterocycles. The number of nitrogens with two attached hydrogens (primary N) is 1. The van der Waals surface area contributed by atoms with E-state index < -0.39 is 10.2 Å². The summed E-state index contributed by atoms with van der Waals surface area (Å²) < 4.78 is 32.5. The molecule has 0 aromatic carbocycles. The maximum atomic E-state index is 11.7. The van der Waals surface area contributed by atoms with Crippen molar-refractivity contribution in [2.75, 3.05) is 20.1 Å². The molecule has 0 fully saturated rings. The molecule has 0 bridgehead atoms. The van der Waals surface area contributed by atoms with E-state index in [1.807, 2.05) is 6.92 Å². The van der Waals surface area contributed by atoms with Crippen molar-refractivity contribution in [2.45, 2.75) is 19.9 Å². The number of hydrogen-bond acceptors (Lipinski definition) is 4. The molecular weight excluding hydrogens is 242 g/mol. The van der Waals surface area contributed by atoms with Crippen molar-refractivity contribution in [3.63, 3.8) is 0 Å². The molecular formula is C10H19N3O3S. The van der Waals surface area contributed by atoms with E-state index in [1.54, 1.807) is 12.1 Å². The van der Waals surface area contributed by atoms with Gasteiger partial charge in [-0.2, -0.15) is 17.4 Å². The molecule has 0 aliphatic carbocycles. The summed E-state index contributed by atoms with van der Waals surface area (Å²) >= 11 is 0. The summed E-state index contributed by atoms with van der Waals surface area (Å²) in [4.78, 5) is 0. The minimum absolute atomic E-state index is 0.156. The van der Waals surface area contributed by atoms with Crippen LogP contribution in [0, 0.1) is 6.92 Å². The van der Waals surface area contributed by atoms with Gasteiger partial charge in [0.15, 0.2) is 0 Å². The van der Waals surface area contributed by atoms with Crippen LogP contribution in [0.3, 0.4) is 0 Å². The third-order valence-corrected chi connectivity index (χ3v) is 3.82. The SMILES string of the molecule is Cc1ccc(CNS(=O)(=O)N(C)CCCN)o1. The van der Waals surface area contributed by atoms with Crippen LogP contribution >= 0.6 is 0 Å². The summed E-state index contributed by atoms with van der Waals surface area (Å²) in [6.07, 6.45) is 0.636. The highest BCUT2D eigenvalue weighted by atomic mass is 32.2. The van der Waals surface area contributed by atoms with Gasteiger partial charge >= 0.3 is 0 Å². The van der Waals surface area contributed by atoms with E-state index >= 15 is 0 Å². The average molecular weight is 261 g/mol. The van der Waals surface area contributed by atoms with Crippen molar-refractivity contribution in [1.29, 1.82) is 0 Å². The summed E-state index contributed by atoms with van der Waals surface area (Å²) in [5, 5.41) is 0. The van der Waals surface area contributed by atoms with Crippen molar-refractivity contribution < 1.29 is 12.8 Å². The van der Waals surface area contributed by atoms with Crippen LogP contribution < -0.4 is 10.5 Å². The molecule has 1 aromatic rings. The van der Waals surface area contributed by atoms with Crippen LogP contribution in [0.4, 0.5) is 0 Å². The Morgan fingerprint density at radius 1 is 1.47 bits per heavy atom. The summed E-state index contributed by atoms with van der Waals surface area (Å²) in [7, 11) is -1.93. The Morgan fingerprint density at radius 2 is 2.18 bits per heavy atom. The van der Waals surface area contributed by atoms with Crippen LogP contribution in [0.1, 0.15) is 17.9 Å². The number of nitrogens with zero attached hydrogens (tertiary/aromatic N) is 1. The molecule has 98 valence electrons. The zero-order valence-electron chi connectivity index (χ0n) is 10.1. The Kier molecular flexibility index (Phi) is 5.13. The van der Waals surface area contributed by atoms with Crippen molar-refractivity contribution in [3.8, 4) is 0 Å². The Hall–Kier alpha value is -0.890. The fourth-order valence-corrected chi connectivity index (χ4v) is 2.20. The zero-order valence-corrected chi connectivity index (χ0v) is 11.0. The molecule has 1 rings (SSSR count). The van der Waals surface area contributed by atoms with E-state index in [0.29, 0.717) is 25.3 Å². The van der Waals surface area contributed by atoms with Crippen LogP contribution in [-0.4, -0.2) is 32.9 Å². The molecule has 0 unspecified atom stereocenters. The van der Waals surface area contributed by atoms with E-state index in [4.69, 9.17) is 10.2 Å². The smallest absolute Gasteiger partial charge is 0.279 e. The average Bonchev–Trinajstić information content (AvgIpc) is 2.69. The van der Waals surface area contributed by atoms with Gasteiger partial charge in [-0.25, -0.2) is 0 Å². The van der Waals surface area contributed by atoms with Gasteiger partial charge in [0.1, 0.15) is 11.5 Å². The molecule has 17 heavy (non-hydrogen) atoms. The van der Waals surface area contributed by atoms with Gasteiger partial charge in [0.25, 0.3) is 10.2 Å². The summed E-state index contributed by atoms with van der Waals surface area (Å²) in [6.45, 7) is 2.84. The molecule has 0 radical (unpaired) electrons. The first-order chi connectivity index (χ1) is 7.95. The minimum Gasteiger partial charge on any atom is -0.465 e. The molecule has 0 aliphatic heterocycles. The van der Waals surface area contributed by atoms with E-state index in [1.165, 1.54) is 11.4 Å². The molecule has 0 aliphatic rings. The number of nitrogens with one attached hydrogen (secondary N) is 1. The quantitative estimate of drug-likeness (QED) is 0.734. The zero-order chi connectivity index (χ0) is 12.9. The summed E-state index contributed by atoms with van der Waals surface area (Å²) in [6, 6.07) is 3.54. The molecule has 0 saturated heterocycles. The molecule has 7 heteroatoms. The van der Waals surface area contributed by atoms with Gasteiger partial charge in [0.05, 0.1) is 6.54 Å². The number of hydrogen-bond donors (Lipinski definition) is 2. The maximum Gasteiger partial charge on any atom is 0.279 e. The molecule has 1 heterocycles. The highest BCUT2D eigenvalue weighted by molar-refractivity contribution is 7.87. The van der Waals surface area contributed by atoms with Gasteiger partial charge in [0.2, 0.25) is 0 Å². The lowest BCUT2D eigenvalue weighted by molar-refractivity contribution is 0.439. The van der Waals surface area contributed by atoms with Gasteiger partial charge in [-0.3, -0.25) is 0 Å². The van der Waals surface area contributed by atoms with Crippen LogP contribution in [-0.2, 0) is 16.8 Å². The standard InChI is InChI=1S/C10H19N3O3S/c1-9-4-5-10(16-9)8-12-17(14,15)13(2)7-3-6-11/h4-5,12H,3,6-8,11H2,1-2H3. The molecule has 0 saturated carbocycles. The molecule has 3 N–H and O–H groups in total. The molecule has 0 spiro atoms. The number of rotatable bonds is 7. The van der Waals surface area contributed by atoms with Gasteiger partial charge < -0.3 is 10.2 Å². The summed E-state index contributed by atoms with van der Waals surface area (Å²) in [5.41, 5.74) is 5.33. The van der Waals surface area contributed by atoms with Gasteiger partial charge in [-0.1, -0.05) is 0 Å². The lowest BCUT2D eigenvalue weighted by Gasteiger charge is -2.16. The lowest BCUT2D eigenvalue weighted by Crippen LogP contribution is -2.38. The van der Waals surface area contributed by atoms with Gasteiger partial charge in [0, 0.05) is 13.6 Å². The first-order valence-corrected chi connectivity index (χ1v) is 6.86. The topological polar surface area (TPSA) is 88.6 Å². The van der Waals surface area contributed by atoms with Gasteiger partial charge in [-0.15, -0.1) is 0 Å². The monoisotopic (exact) mass is 261 g/mol. The Labute approximate surface area is 102 Å². The number of aryl methyl sites for hydroxylation is 1. The van der Waals surface area contributed by atoms with Crippen molar-refractivity contribution in [2.24, 2.45) is 5.73 Å². The largest absolute Gasteiger partial charge is 0.465 e. The molecule has 0 amide bonds. The normalized spacial score (nSPS) is 12.2. The van der Waals surface area contributed by atoms with Gasteiger partial charge in [-0.05, 0) is 32.0 Å². The van der Waals surface area contributed by atoms with Crippen molar-refractivity contribution in [1.82, 2.24) is 9.03 Å². The maximum absolute atomic E-state index is 11.7. The minimum atomic E-state index is -3.45. The van der Waals surface area contributed by atoms with Crippen LogP contribution in [0.15, 0.2) is 16.5 Å². The fourth-order valence-electron chi connectivity index (χ4n) is 1.29. The van der Waals surface area contributed by atoms with E-state index in [0.717, 1.165) is 5.76 Å². The van der Waals surface area contributed by atoms with E-state index in [-0.39, 0.29) is 6.54 Å². The molecule has 6 nitrogen and oxygen atoms in total. The van der Waals surface area contributed by atoms with Crippen LogP contribution in [0.2, 0.25) is 0 Å². The van der Waals surface area contributed by atoms with E-state index in [9.17, 15) is 8.42 Å². The van der Waals surface area contributed by atoms with Crippen LogP contribution in [0.25, 0.3) is 0 Å².